The van der Waals surface area contributed by atoms with Crippen LogP contribution < -0.4 is 10.5 Å². The molecule has 3 heteroatoms. The fourth-order valence-corrected chi connectivity index (χ4v) is 3.43. The third kappa shape index (κ3) is 1.93. The van der Waals surface area contributed by atoms with Gasteiger partial charge in [-0.3, -0.25) is 0 Å². The smallest absolute Gasteiger partial charge is 0.142 e. The lowest BCUT2D eigenvalue weighted by Crippen LogP contribution is -2.39. The van der Waals surface area contributed by atoms with Gasteiger partial charge in [-0.05, 0) is 31.4 Å². The van der Waals surface area contributed by atoms with Gasteiger partial charge in [0.05, 0.1) is 18.2 Å². The summed E-state index contributed by atoms with van der Waals surface area (Å²) in [5.41, 5.74) is 10.0. The van der Waals surface area contributed by atoms with E-state index in [9.17, 15) is 0 Å². The highest BCUT2D eigenvalue weighted by molar-refractivity contribution is 5.89. The fourth-order valence-electron chi connectivity index (χ4n) is 3.43. The first-order chi connectivity index (χ1) is 9.15. The van der Waals surface area contributed by atoms with E-state index in [4.69, 9.17) is 10.5 Å². The number of aromatic nitrogens is 1. The highest BCUT2D eigenvalue weighted by Gasteiger charge is 2.33. The van der Waals surface area contributed by atoms with Gasteiger partial charge >= 0.3 is 0 Å². The van der Waals surface area contributed by atoms with Crippen LogP contribution >= 0.6 is 0 Å². The van der Waals surface area contributed by atoms with E-state index < -0.39 is 0 Å². The van der Waals surface area contributed by atoms with Crippen LogP contribution in [-0.2, 0) is 5.54 Å². The molecule has 1 aliphatic carbocycles. The van der Waals surface area contributed by atoms with E-state index in [0.717, 1.165) is 24.1 Å². The van der Waals surface area contributed by atoms with Crippen molar-refractivity contribution in [1.82, 2.24) is 4.98 Å². The number of fused-ring (bicyclic) bond motifs is 1. The van der Waals surface area contributed by atoms with Crippen LogP contribution in [0, 0.1) is 6.92 Å². The zero-order valence-electron chi connectivity index (χ0n) is 11.8. The number of hydrogen-bond acceptors (Lipinski definition) is 2. The van der Waals surface area contributed by atoms with Gasteiger partial charge in [0.25, 0.3) is 0 Å². The normalized spacial score (nSPS) is 18.7. The van der Waals surface area contributed by atoms with Crippen molar-refractivity contribution < 1.29 is 4.74 Å². The lowest BCUT2D eigenvalue weighted by atomic mass is 9.79. The van der Waals surface area contributed by atoms with Crippen LogP contribution in [0.1, 0.15) is 43.4 Å². The van der Waals surface area contributed by atoms with Gasteiger partial charge in [0.1, 0.15) is 5.75 Å². The van der Waals surface area contributed by atoms with Crippen molar-refractivity contribution in [2.24, 2.45) is 5.73 Å². The number of rotatable bonds is 2. The molecule has 0 aliphatic heterocycles. The van der Waals surface area contributed by atoms with Crippen molar-refractivity contribution in [2.75, 3.05) is 7.11 Å². The molecule has 1 aliphatic rings. The third-order valence-corrected chi connectivity index (χ3v) is 4.52. The Morgan fingerprint density at radius 1 is 1.21 bits per heavy atom. The molecule has 3 N–H and O–H groups in total. The highest BCUT2D eigenvalue weighted by atomic mass is 16.5. The Morgan fingerprint density at radius 3 is 2.63 bits per heavy atom. The van der Waals surface area contributed by atoms with Crippen LogP contribution in [0.4, 0.5) is 0 Å². The number of nitrogens with two attached hydrogens (primary N) is 1. The molecule has 1 heterocycles. The molecule has 1 saturated carbocycles. The molecule has 2 aromatic rings. The Kier molecular flexibility index (Phi) is 3.02. The number of benzene rings is 1. The van der Waals surface area contributed by atoms with Crippen molar-refractivity contribution in [2.45, 2.75) is 44.6 Å². The van der Waals surface area contributed by atoms with Crippen LogP contribution in [-0.4, -0.2) is 12.1 Å². The predicted octanol–water partition coefficient (Wildman–Crippen LogP) is 3.60. The predicted molar refractivity (Wildman–Crippen MR) is 78.5 cm³/mol. The van der Waals surface area contributed by atoms with Gasteiger partial charge in [-0.25, -0.2) is 0 Å². The zero-order valence-corrected chi connectivity index (χ0v) is 11.8. The minimum absolute atomic E-state index is 0.188. The van der Waals surface area contributed by atoms with Gasteiger partial charge in [-0.15, -0.1) is 0 Å². The molecule has 3 nitrogen and oxygen atoms in total. The second kappa shape index (κ2) is 4.57. The topological polar surface area (TPSA) is 51.0 Å². The Balaban J connectivity index is 2.16. The maximum absolute atomic E-state index is 6.66. The molecule has 0 spiro atoms. The monoisotopic (exact) mass is 258 g/mol. The van der Waals surface area contributed by atoms with Crippen molar-refractivity contribution in [3.05, 3.63) is 29.5 Å². The molecule has 1 aromatic carbocycles. The van der Waals surface area contributed by atoms with Gasteiger partial charge in [-0.2, -0.15) is 0 Å². The largest absolute Gasteiger partial charge is 0.495 e. The summed E-state index contributed by atoms with van der Waals surface area (Å²) in [6, 6.07) is 6.17. The Morgan fingerprint density at radius 2 is 1.95 bits per heavy atom. The molecule has 1 aromatic heterocycles. The number of aromatic amines is 1. The van der Waals surface area contributed by atoms with Gasteiger partial charge < -0.3 is 15.5 Å². The lowest BCUT2D eigenvalue weighted by molar-refractivity contribution is 0.295. The van der Waals surface area contributed by atoms with Crippen LogP contribution in [0.25, 0.3) is 10.9 Å². The number of nitrogens with one attached hydrogen (secondary N) is 1. The first-order valence-corrected chi connectivity index (χ1v) is 7.10. The van der Waals surface area contributed by atoms with Gasteiger partial charge in [0, 0.05) is 11.1 Å². The van der Waals surface area contributed by atoms with Crippen molar-refractivity contribution in [3.63, 3.8) is 0 Å². The summed E-state index contributed by atoms with van der Waals surface area (Å²) < 4.78 is 5.44. The average Bonchev–Trinajstić information content (AvgIpc) is 2.78. The minimum Gasteiger partial charge on any atom is -0.495 e. The number of hydrogen-bond donors (Lipinski definition) is 2. The van der Waals surface area contributed by atoms with Gasteiger partial charge in [-0.1, -0.05) is 31.4 Å². The summed E-state index contributed by atoms with van der Waals surface area (Å²) in [4.78, 5) is 3.54. The molecule has 102 valence electrons. The van der Waals surface area contributed by atoms with Crippen molar-refractivity contribution in [1.29, 1.82) is 0 Å². The summed E-state index contributed by atoms with van der Waals surface area (Å²) >= 11 is 0. The van der Waals surface area contributed by atoms with E-state index in [1.807, 2.05) is 12.1 Å². The van der Waals surface area contributed by atoms with Crippen molar-refractivity contribution >= 4 is 10.9 Å². The van der Waals surface area contributed by atoms with Gasteiger partial charge in [0.15, 0.2) is 0 Å². The number of aryl methyl sites for hydroxylation is 1. The standard InChI is InChI=1S/C16H22N2O/c1-11-12-7-6-8-13(19-2)14(12)18-15(11)16(17)9-4-3-5-10-16/h6-8,18H,3-5,9-10,17H2,1-2H3. The molecule has 0 radical (unpaired) electrons. The quantitative estimate of drug-likeness (QED) is 0.864. The van der Waals surface area contributed by atoms with E-state index in [0.29, 0.717) is 0 Å². The molecule has 0 amide bonds. The number of para-hydroxylation sites is 1. The molecular formula is C16H22N2O. The highest BCUT2D eigenvalue weighted by Crippen LogP contribution is 2.39. The second-order valence-corrected chi connectivity index (χ2v) is 5.72. The Hall–Kier alpha value is -1.48. The molecular weight excluding hydrogens is 236 g/mol. The summed E-state index contributed by atoms with van der Waals surface area (Å²) in [7, 11) is 1.71. The van der Waals surface area contributed by atoms with Crippen LogP contribution in [0.3, 0.4) is 0 Å². The van der Waals surface area contributed by atoms with E-state index >= 15 is 0 Å². The van der Waals surface area contributed by atoms with Crippen LogP contribution in [0.2, 0.25) is 0 Å². The summed E-state index contributed by atoms with van der Waals surface area (Å²) in [5.74, 6) is 0.895. The molecule has 1 fully saturated rings. The lowest BCUT2D eigenvalue weighted by Gasteiger charge is -2.33. The SMILES string of the molecule is COc1cccc2c(C)c(C3(N)CCCCC3)[nH]c12. The number of ether oxygens (including phenoxy) is 1. The van der Waals surface area contributed by atoms with E-state index in [-0.39, 0.29) is 5.54 Å². The zero-order chi connectivity index (χ0) is 13.5. The first kappa shape index (κ1) is 12.5. The number of H-pyrrole nitrogens is 1. The van der Waals surface area contributed by atoms with E-state index in [1.165, 1.54) is 35.9 Å². The van der Waals surface area contributed by atoms with Crippen LogP contribution in [0.15, 0.2) is 18.2 Å². The Bertz CT molecular complexity index is 594. The summed E-state index contributed by atoms with van der Waals surface area (Å²) in [5, 5.41) is 1.23. The molecule has 3 rings (SSSR count). The maximum Gasteiger partial charge on any atom is 0.142 e. The van der Waals surface area contributed by atoms with E-state index in [2.05, 4.69) is 18.0 Å². The summed E-state index contributed by atoms with van der Waals surface area (Å²) in [6.07, 6.45) is 5.90. The second-order valence-electron chi connectivity index (χ2n) is 5.72. The Labute approximate surface area is 114 Å². The minimum atomic E-state index is -0.188. The van der Waals surface area contributed by atoms with E-state index in [1.54, 1.807) is 7.11 Å². The maximum atomic E-state index is 6.66. The fraction of sp³-hybridized carbons (Fsp3) is 0.500. The molecule has 0 atom stereocenters. The average molecular weight is 258 g/mol. The summed E-state index contributed by atoms with van der Waals surface area (Å²) in [6.45, 7) is 2.16. The molecule has 0 bridgehead atoms. The van der Waals surface area contributed by atoms with Gasteiger partial charge in [0.2, 0.25) is 0 Å². The number of methoxy groups -OCH3 is 1. The molecule has 0 saturated heterocycles. The molecule has 19 heavy (non-hydrogen) atoms. The first-order valence-electron chi connectivity index (χ1n) is 7.10. The van der Waals surface area contributed by atoms with Crippen LogP contribution in [0.5, 0.6) is 5.75 Å². The van der Waals surface area contributed by atoms with Crippen molar-refractivity contribution in [3.8, 4) is 5.75 Å². The molecule has 0 unspecified atom stereocenters. The third-order valence-electron chi connectivity index (χ3n) is 4.52.